The quantitative estimate of drug-likeness (QED) is 0.357. The summed E-state index contributed by atoms with van der Waals surface area (Å²) in [5.74, 6) is 2.24. The molecule has 0 saturated heterocycles. The molecule has 0 aromatic heterocycles. The molecule has 2 N–H and O–H groups in total. The summed E-state index contributed by atoms with van der Waals surface area (Å²) in [5, 5.41) is 6.50. The lowest BCUT2D eigenvalue weighted by molar-refractivity contribution is 0.409. The van der Waals surface area contributed by atoms with Gasteiger partial charge in [-0.2, -0.15) is 0 Å². The van der Waals surface area contributed by atoms with Crippen LogP contribution < -0.4 is 15.4 Å². The van der Waals surface area contributed by atoms with Gasteiger partial charge in [0.15, 0.2) is 5.96 Å². The molecule has 1 rings (SSSR count). The highest BCUT2D eigenvalue weighted by Crippen LogP contribution is 2.19. The molecule has 1 aromatic rings. The van der Waals surface area contributed by atoms with Crippen LogP contribution >= 0.6 is 24.0 Å². The fraction of sp³-hybridized carbons (Fsp3) is 0.611. The first-order chi connectivity index (χ1) is 11.3. The predicted molar refractivity (Wildman–Crippen MR) is 119 cm³/mol. The second kappa shape index (κ2) is 11.7. The van der Waals surface area contributed by atoms with Crippen LogP contribution in [0.2, 0.25) is 0 Å². The van der Waals surface area contributed by atoms with Crippen molar-refractivity contribution in [1.29, 1.82) is 0 Å². The monoisotopic (exact) mass is 481 g/mol. The number of methoxy groups -OCH3 is 1. The second-order valence-electron chi connectivity index (χ2n) is 6.65. The Labute approximate surface area is 171 Å². The number of nitrogens with zero attached hydrogens (tertiary/aromatic N) is 1. The van der Waals surface area contributed by atoms with Gasteiger partial charge in [0.1, 0.15) is 5.75 Å². The van der Waals surface area contributed by atoms with Gasteiger partial charge < -0.3 is 15.4 Å². The molecule has 0 saturated carbocycles. The molecule has 0 amide bonds. The van der Waals surface area contributed by atoms with Crippen LogP contribution in [0.4, 0.5) is 0 Å². The van der Waals surface area contributed by atoms with Gasteiger partial charge in [0.25, 0.3) is 0 Å². The number of ether oxygens (including phenoxy) is 1. The van der Waals surface area contributed by atoms with Gasteiger partial charge in [0.2, 0.25) is 0 Å². The topological polar surface area (TPSA) is 62.7 Å². The second-order valence-corrected chi connectivity index (χ2v) is 8.98. The van der Waals surface area contributed by atoms with Crippen molar-refractivity contribution in [3.63, 3.8) is 0 Å². The van der Waals surface area contributed by atoms with Crippen molar-refractivity contribution >= 4 is 40.7 Å². The molecule has 0 aliphatic heterocycles. The van der Waals surface area contributed by atoms with Crippen molar-refractivity contribution in [3.8, 4) is 5.75 Å². The zero-order valence-corrected chi connectivity index (χ0v) is 19.3. The minimum Gasteiger partial charge on any atom is -0.496 e. The first-order valence-electron chi connectivity index (χ1n) is 8.24. The highest BCUT2D eigenvalue weighted by Gasteiger charge is 2.18. The van der Waals surface area contributed by atoms with E-state index in [0.717, 1.165) is 24.7 Å². The van der Waals surface area contributed by atoms with E-state index >= 15 is 0 Å². The number of hydrogen-bond acceptors (Lipinski definition) is 3. The van der Waals surface area contributed by atoms with E-state index in [0.29, 0.717) is 12.3 Å². The fourth-order valence-corrected chi connectivity index (χ4v) is 3.11. The van der Waals surface area contributed by atoms with Crippen LogP contribution in [0, 0.1) is 6.92 Å². The number of benzene rings is 1. The van der Waals surface area contributed by atoms with E-state index in [2.05, 4.69) is 28.6 Å². The third-order valence-corrected chi connectivity index (χ3v) is 5.55. The van der Waals surface area contributed by atoms with Crippen molar-refractivity contribution < 1.29 is 8.95 Å². The summed E-state index contributed by atoms with van der Waals surface area (Å²) in [6.45, 7) is 9.44. The maximum absolute atomic E-state index is 12.0. The van der Waals surface area contributed by atoms with Gasteiger partial charge in [0, 0.05) is 41.4 Å². The minimum atomic E-state index is -0.860. The van der Waals surface area contributed by atoms with Crippen molar-refractivity contribution in [2.45, 2.75) is 38.9 Å². The Morgan fingerprint density at radius 3 is 2.44 bits per heavy atom. The van der Waals surface area contributed by atoms with Crippen molar-refractivity contribution in [3.05, 3.63) is 29.3 Å². The van der Waals surface area contributed by atoms with E-state index in [1.165, 1.54) is 11.1 Å². The molecule has 0 heterocycles. The third-order valence-electron chi connectivity index (χ3n) is 3.61. The van der Waals surface area contributed by atoms with Crippen LogP contribution in [-0.2, 0) is 17.2 Å². The van der Waals surface area contributed by atoms with Gasteiger partial charge >= 0.3 is 0 Å². The molecule has 0 radical (unpaired) electrons. The number of aliphatic imine (C=N–C) groups is 1. The summed E-state index contributed by atoms with van der Waals surface area (Å²) in [6, 6.07) is 6.19. The molecular formula is C18H32IN3O2S. The minimum absolute atomic E-state index is 0. The first-order valence-corrected chi connectivity index (χ1v) is 9.56. The molecule has 1 aromatic carbocycles. The van der Waals surface area contributed by atoms with Crippen molar-refractivity contribution in [2.24, 2.45) is 4.99 Å². The van der Waals surface area contributed by atoms with Gasteiger partial charge in [-0.05, 0) is 45.7 Å². The van der Waals surface area contributed by atoms with E-state index in [1.807, 2.05) is 32.9 Å². The Balaban J connectivity index is 0.00000576. The summed E-state index contributed by atoms with van der Waals surface area (Å²) >= 11 is 0. The summed E-state index contributed by atoms with van der Waals surface area (Å²) in [4.78, 5) is 4.20. The SMILES string of the molecule is CN=C(NCCc1cc(C)ccc1OC)NCCS(=O)C(C)(C)C.I. The average Bonchev–Trinajstić information content (AvgIpc) is 2.52. The third kappa shape index (κ3) is 8.89. The predicted octanol–water partition coefficient (Wildman–Crippen LogP) is 2.88. The Morgan fingerprint density at radius 1 is 1.24 bits per heavy atom. The van der Waals surface area contributed by atoms with E-state index in [4.69, 9.17) is 4.74 Å². The van der Waals surface area contributed by atoms with Crippen LogP contribution in [0.15, 0.2) is 23.2 Å². The standard InChI is InChI=1S/C18H31N3O2S.HI/c1-14-7-8-16(23-6)15(13-14)9-10-20-17(19-5)21-11-12-24(22)18(2,3)4;/h7-8,13H,9-12H2,1-6H3,(H2,19,20,21);1H. The summed E-state index contributed by atoms with van der Waals surface area (Å²) < 4.78 is 17.3. The fourth-order valence-electron chi connectivity index (χ4n) is 2.21. The first kappa shape index (κ1) is 24.2. The molecule has 0 spiro atoms. The lowest BCUT2D eigenvalue weighted by atomic mass is 10.1. The van der Waals surface area contributed by atoms with Crippen molar-refractivity contribution in [1.82, 2.24) is 10.6 Å². The highest BCUT2D eigenvalue weighted by molar-refractivity contribution is 14.0. The number of rotatable bonds is 7. The largest absolute Gasteiger partial charge is 0.496 e. The van der Waals surface area contributed by atoms with Gasteiger partial charge in [-0.3, -0.25) is 9.20 Å². The van der Waals surface area contributed by atoms with E-state index in [1.54, 1.807) is 14.2 Å². The maximum atomic E-state index is 12.0. The zero-order valence-electron chi connectivity index (χ0n) is 16.1. The van der Waals surface area contributed by atoms with Gasteiger partial charge in [-0.1, -0.05) is 17.7 Å². The van der Waals surface area contributed by atoms with E-state index in [9.17, 15) is 4.21 Å². The summed E-state index contributed by atoms with van der Waals surface area (Å²) in [7, 11) is 2.57. The molecule has 25 heavy (non-hydrogen) atoms. The molecule has 0 aliphatic rings. The normalized spacial score (nSPS) is 13.0. The lowest BCUT2D eigenvalue weighted by Crippen LogP contribution is -2.41. The van der Waals surface area contributed by atoms with Crippen LogP contribution in [0.1, 0.15) is 31.9 Å². The maximum Gasteiger partial charge on any atom is 0.191 e. The molecule has 0 aliphatic carbocycles. The van der Waals surface area contributed by atoms with Crippen LogP contribution in [-0.4, -0.2) is 47.9 Å². The van der Waals surface area contributed by atoms with Crippen LogP contribution in [0.5, 0.6) is 5.75 Å². The number of hydrogen-bond donors (Lipinski definition) is 2. The van der Waals surface area contributed by atoms with Crippen LogP contribution in [0.3, 0.4) is 0 Å². The van der Waals surface area contributed by atoms with Crippen molar-refractivity contribution in [2.75, 3.05) is 33.0 Å². The van der Waals surface area contributed by atoms with E-state index in [-0.39, 0.29) is 28.7 Å². The Hall–Kier alpha value is -0.830. The van der Waals surface area contributed by atoms with Gasteiger partial charge in [-0.15, -0.1) is 24.0 Å². The summed E-state index contributed by atoms with van der Waals surface area (Å²) in [5.41, 5.74) is 2.40. The van der Waals surface area contributed by atoms with Gasteiger partial charge in [-0.25, -0.2) is 0 Å². The lowest BCUT2D eigenvalue weighted by Gasteiger charge is -2.18. The molecule has 0 fully saturated rings. The molecule has 0 bridgehead atoms. The number of nitrogens with one attached hydrogen (secondary N) is 2. The number of halogens is 1. The zero-order chi connectivity index (χ0) is 18.2. The molecular weight excluding hydrogens is 449 g/mol. The Kier molecular flexibility index (Phi) is 11.3. The van der Waals surface area contributed by atoms with E-state index < -0.39 is 10.8 Å². The molecule has 1 atom stereocenters. The smallest absolute Gasteiger partial charge is 0.191 e. The Bertz CT molecular complexity index is 586. The Morgan fingerprint density at radius 2 is 1.88 bits per heavy atom. The molecule has 144 valence electrons. The summed E-state index contributed by atoms with van der Waals surface area (Å²) in [6.07, 6.45) is 0.847. The van der Waals surface area contributed by atoms with Gasteiger partial charge in [0.05, 0.1) is 7.11 Å². The van der Waals surface area contributed by atoms with Crippen LogP contribution in [0.25, 0.3) is 0 Å². The molecule has 5 nitrogen and oxygen atoms in total. The average molecular weight is 481 g/mol. The highest BCUT2D eigenvalue weighted by atomic mass is 127. The molecule has 7 heteroatoms. The number of aryl methyl sites for hydroxylation is 1. The molecule has 1 unspecified atom stereocenters. The number of guanidine groups is 1.